The fourth-order valence-corrected chi connectivity index (χ4v) is 5.32. The van der Waals surface area contributed by atoms with Crippen LogP contribution in [0.25, 0.3) is 16.2 Å². The van der Waals surface area contributed by atoms with Gasteiger partial charge in [-0.05, 0) is 54.6 Å². The molecule has 0 bridgehead atoms. The lowest BCUT2D eigenvalue weighted by molar-refractivity contribution is 0.0725. The normalized spacial score (nSPS) is 14.7. The van der Waals surface area contributed by atoms with Crippen LogP contribution in [0.2, 0.25) is 0 Å². The Hall–Kier alpha value is -2.78. The Kier molecular flexibility index (Phi) is 5.33. The van der Waals surface area contributed by atoms with Crippen molar-refractivity contribution in [3.8, 4) is 0 Å². The molecular weight excluding hydrogens is 408 g/mol. The van der Waals surface area contributed by atoms with Crippen molar-refractivity contribution in [2.45, 2.75) is 24.3 Å². The van der Waals surface area contributed by atoms with Gasteiger partial charge in [0.25, 0.3) is 15.9 Å². The number of hydrogen-bond donors (Lipinski definition) is 1. The van der Waals surface area contributed by atoms with Crippen molar-refractivity contribution in [2.75, 3.05) is 17.8 Å². The van der Waals surface area contributed by atoms with Gasteiger partial charge in [-0.1, -0.05) is 18.7 Å². The van der Waals surface area contributed by atoms with Crippen LogP contribution >= 0.6 is 11.5 Å². The minimum atomic E-state index is -4.02. The van der Waals surface area contributed by atoms with Gasteiger partial charge < -0.3 is 4.90 Å². The first-order valence-electron chi connectivity index (χ1n) is 9.27. The number of hydrogen-bond acceptors (Lipinski definition) is 6. The van der Waals surface area contributed by atoms with Gasteiger partial charge >= 0.3 is 0 Å². The molecule has 1 N–H and O–H groups in total. The van der Waals surface area contributed by atoms with Crippen molar-refractivity contribution >= 4 is 49.3 Å². The molecule has 3 aromatic rings. The third-order valence-electron chi connectivity index (χ3n) is 4.90. The van der Waals surface area contributed by atoms with E-state index in [-0.39, 0.29) is 16.6 Å². The van der Waals surface area contributed by atoms with Gasteiger partial charge in [-0.3, -0.25) is 9.52 Å². The zero-order valence-electron chi connectivity index (χ0n) is 15.7. The van der Waals surface area contributed by atoms with Crippen molar-refractivity contribution in [1.29, 1.82) is 0 Å². The smallest absolute Gasteiger partial charge is 0.280 e. The summed E-state index contributed by atoms with van der Waals surface area (Å²) >= 11 is 1.20. The summed E-state index contributed by atoms with van der Waals surface area (Å²) in [5.74, 6) is -0.179. The van der Waals surface area contributed by atoms with Gasteiger partial charge in [0.2, 0.25) is 0 Å². The summed E-state index contributed by atoms with van der Waals surface area (Å²) in [4.78, 5) is 18.9. The predicted octanol–water partition coefficient (Wildman–Crippen LogP) is 3.76. The molecule has 0 spiro atoms. The number of amides is 1. The van der Waals surface area contributed by atoms with Crippen molar-refractivity contribution in [3.05, 3.63) is 54.4 Å². The number of rotatable bonds is 5. The maximum atomic E-state index is 13.1. The molecule has 1 aliphatic rings. The van der Waals surface area contributed by atoms with Crippen LogP contribution in [-0.4, -0.2) is 41.7 Å². The number of fused-ring (bicyclic) bond motifs is 1. The molecule has 150 valence electrons. The summed E-state index contributed by atoms with van der Waals surface area (Å²) in [6.07, 6.45) is 7.54. The number of anilines is 1. The summed E-state index contributed by atoms with van der Waals surface area (Å²) in [7, 11) is -4.02. The molecule has 0 unspecified atom stereocenters. The maximum Gasteiger partial charge on any atom is 0.280 e. The van der Waals surface area contributed by atoms with E-state index in [1.807, 2.05) is 0 Å². The number of likely N-dealkylation sites (tertiary alicyclic amines) is 1. The summed E-state index contributed by atoms with van der Waals surface area (Å²) in [5.41, 5.74) is 1.25. The van der Waals surface area contributed by atoms with E-state index in [0.717, 1.165) is 24.0 Å². The summed E-state index contributed by atoms with van der Waals surface area (Å²) in [6, 6.07) is 6.74. The molecule has 0 saturated carbocycles. The van der Waals surface area contributed by atoms with Gasteiger partial charge in [0.15, 0.2) is 5.03 Å². The second kappa shape index (κ2) is 7.92. The van der Waals surface area contributed by atoms with Crippen LogP contribution in [0, 0.1) is 0 Å². The van der Waals surface area contributed by atoms with Gasteiger partial charge in [0.1, 0.15) is 0 Å². The molecule has 0 aliphatic carbocycles. The number of nitrogens with zero attached hydrogens (tertiary/aromatic N) is 3. The van der Waals surface area contributed by atoms with Gasteiger partial charge in [-0.2, -0.15) is 12.8 Å². The van der Waals surface area contributed by atoms with E-state index in [1.165, 1.54) is 23.9 Å². The zero-order chi connectivity index (χ0) is 20.4. The van der Waals surface area contributed by atoms with Gasteiger partial charge in [0.05, 0.1) is 27.5 Å². The van der Waals surface area contributed by atoms with Crippen LogP contribution in [0.3, 0.4) is 0 Å². The van der Waals surface area contributed by atoms with Crippen LogP contribution in [0.4, 0.5) is 5.69 Å². The molecule has 1 aromatic carbocycles. The first-order chi connectivity index (χ1) is 14.0. The molecule has 9 heteroatoms. The number of sulfonamides is 1. The summed E-state index contributed by atoms with van der Waals surface area (Å²) in [6.45, 7) is 5.09. The average Bonchev–Trinajstić information content (AvgIpc) is 3.22. The predicted molar refractivity (Wildman–Crippen MR) is 115 cm³/mol. The van der Waals surface area contributed by atoms with Crippen LogP contribution < -0.4 is 4.72 Å². The molecule has 29 heavy (non-hydrogen) atoms. The van der Waals surface area contributed by atoms with Crippen LogP contribution in [0.5, 0.6) is 0 Å². The number of aromatic nitrogens is 2. The molecule has 1 aliphatic heterocycles. The number of piperidine rings is 1. The Morgan fingerprint density at radius 3 is 2.76 bits per heavy atom. The lowest BCUT2D eigenvalue weighted by Gasteiger charge is -2.27. The Morgan fingerprint density at radius 2 is 2.00 bits per heavy atom. The number of pyridine rings is 1. The van der Waals surface area contributed by atoms with Crippen molar-refractivity contribution in [3.63, 3.8) is 0 Å². The maximum absolute atomic E-state index is 13.1. The van der Waals surface area contributed by atoms with E-state index in [2.05, 4.69) is 20.7 Å². The molecule has 7 nitrogen and oxygen atoms in total. The highest BCUT2D eigenvalue weighted by atomic mass is 32.2. The first kappa shape index (κ1) is 19.5. The fourth-order valence-electron chi connectivity index (χ4n) is 3.41. The van der Waals surface area contributed by atoms with Crippen LogP contribution in [0.15, 0.2) is 48.3 Å². The van der Waals surface area contributed by atoms with Crippen molar-refractivity contribution in [2.24, 2.45) is 0 Å². The average molecular weight is 429 g/mol. The molecule has 0 radical (unpaired) electrons. The second-order valence-corrected chi connectivity index (χ2v) is 9.25. The van der Waals surface area contributed by atoms with Gasteiger partial charge in [-0.15, -0.1) is 0 Å². The highest BCUT2D eigenvalue weighted by Gasteiger charge is 2.25. The highest BCUT2D eigenvalue weighted by Crippen LogP contribution is 2.28. The summed E-state index contributed by atoms with van der Waals surface area (Å²) in [5, 5.41) is 0.345. The van der Waals surface area contributed by atoms with Crippen molar-refractivity contribution < 1.29 is 13.2 Å². The molecule has 1 saturated heterocycles. The monoisotopic (exact) mass is 428 g/mol. The van der Waals surface area contributed by atoms with Gasteiger partial charge in [0, 0.05) is 19.3 Å². The largest absolute Gasteiger partial charge is 0.339 e. The second-order valence-electron chi connectivity index (χ2n) is 6.82. The molecule has 1 fully saturated rings. The first-order valence-corrected chi connectivity index (χ1v) is 11.5. The zero-order valence-corrected chi connectivity index (χ0v) is 17.3. The van der Waals surface area contributed by atoms with E-state index >= 15 is 0 Å². The SMILES string of the molecule is C=Cc1ccc(C(=O)N2CCCCC2)c(NS(=O)(=O)c2nccc3sncc23)c1. The van der Waals surface area contributed by atoms with Gasteiger partial charge in [-0.25, -0.2) is 4.98 Å². The number of carbonyl (C=O) groups excluding carboxylic acids is 1. The van der Waals surface area contributed by atoms with Crippen LogP contribution in [0.1, 0.15) is 35.2 Å². The fraction of sp³-hybridized carbons (Fsp3) is 0.250. The highest BCUT2D eigenvalue weighted by molar-refractivity contribution is 7.92. The Labute approximate surface area is 173 Å². The van der Waals surface area contributed by atoms with E-state index in [1.54, 1.807) is 35.2 Å². The number of nitrogens with one attached hydrogen (secondary N) is 1. The number of carbonyl (C=O) groups is 1. The standard InChI is InChI=1S/C20H20N4O3S2/c1-2-14-6-7-15(20(25)24-10-4-3-5-11-24)17(12-14)23-29(26,27)19-16-13-22-28-18(16)8-9-21-19/h2,6-9,12-13,23H,1,3-5,10-11H2. The Balaban J connectivity index is 1.74. The Bertz CT molecular complexity index is 1180. The van der Waals surface area contributed by atoms with E-state index in [4.69, 9.17) is 0 Å². The Morgan fingerprint density at radius 1 is 1.21 bits per heavy atom. The minimum Gasteiger partial charge on any atom is -0.339 e. The number of benzene rings is 1. The van der Waals surface area contributed by atoms with E-state index in [0.29, 0.717) is 29.6 Å². The lowest BCUT2D eigenvalue weighted by Crippen LogP contribution is -2.36. The molecular formula is C20H20N4O3S2. The molecule has 1 amide bonds. The molecule has 4 rings (SSSR count). The van der Waals surface area contributed by atoms with E-state index in [9.17, 15) is 13.2 Å². The topological polar surface area (TPSA) is 92.3 Å². The van der Waals surface area contributed by atoms with E-state index < -0.39 is 10.0 Å². The quantitative estimate of drug-likeness (QED) is 0.668. The summed E-state index contributed by atoms with van der Waals surface area (Å²) < 4.78 is 33.6. The van der Waals surface area contributed by atoms with Crippen molar-refractivity contribution in [1.82, 2.24) is 14.3 Å². The minimum absolute atomic E-state index is 0.107. The molecule has 2 aromatic heterocycles. The third kappa shape index (κ3) is 3.88. The molecule has 3 heterocycles. The van der Waals surface area contributed by atoms with Crippen LogP contribution in [-0.2, 0) is 10.0 Å². The lowest BCUT2D eigenvalue weighted by atomic mass is 10.1. The third-order valence-corrected chi connectivity index (χ3v) is 6.98. The molecule has 0 atom stereocenters.